The summed E-state index contributed by atoms with van der Waals surface area (Å²) in [6.07, 6.45) is 1.05. The molecule has 2 rings (SSSR count). The van der Waals surface area contributed by atoms with Gasteiger partial charge in [0.15, 0.2) is 0 Å². The molecule has 0 saturated heterocycles. The molecule has 0 atom stereocenters. The number of ether oxygens (including phenoxy) is 1. The van der Waals surface area contributed by atoms with E-state index in [-0.39, 0.29) is 30.5 Å². The number of benzene rings is 2. The number of hydrogen-bond donors (Lipinski definition) is 0. The Labute approximate surface area is 153 Å². The van der Waals surface area contributed by atoms with Crippen molar-refractivity contribution in [2.24, 2.45) is 0 Å². The van der Waals surface area contributed by atoms with Gasteiger partial charge < -0.3 is 9.64 Å². The Morgan fingerprint density at radius 3 is 2.31 bits per heavy atom. The Balaban J connectivity index is 1.98. The highest BCUT2D eigenvalue weighted by atomic mass is 19.1. The molecular formula is C21H24FNO3. The standard InChI is InChI=1S/C21H24FNO3/c1-2-26-21(25)13-15-23(14-12-17-8-10-19(22)11-9-17)20(24)16-18-6-4-3-5-7-18/h3-11H,2,12-16H2,1H3. The van der Waals surface area contributed by atoms with Crippen LogP contribution in [0.3, 0.4) is 0 Å². The van der Waals surface area contributed by atoms with Gasteiger partial charge in [-0.05, 0) is 36.6 Å². The van der Waals surface area contributed by atoms with Crippen LogP contribution in [0.4, 0.5) is 4.39 Å². The minimum atomic E-state index is -0.313. The highest BCUT2D eigenvalue weighted by Crippen LogP contribution is 2.08. The molecule has 1 amide bonds. The largest absolute Gasteiger partial charge is 0.466 e. The predicted molar refractivity (Wildman–Crippen MR) is 98.1 cm³/mol. The minimum absolute atomic E-state index is 0.0392. The first kappa shape index (κ1) is 19.6. The van der Waals surface area contributed by atoms with Crippen molar-refractivity contribution in [3.63, 3.8) is 0 Å². The molecule has 0 radical (unpaired) electrons. The summed E-state index contributed by atoms with van der Waals surface area (Å²) < 4.78 is 18.0. The molecule has 0 fully saturated rings. The van der Waals surface area contributed by atoms with E-state index in [1.165, 1.54) is 12.1 Å². The second kappa shape index (κ2) is 10.3. The van der Waals surface area contributed by atoms with Crippen molar-refractivity contribution in [1.29, 1.82) is 0 Å². The van der Waals surface area contributed by atoms with Gasteiger partial charge in [0.2, 0.25) is 5.91 Å². The van der Waals surface area contributed by atoms with Crippen molar-refractivity contribution >= 4 is 11.9 Å². The van der Waals surface area contributed by atoms with Gasteiger partial charge in [-0.1, -0.05) is 42.5 Å². The molecule has 0 N–H and O–H groups in total. The van der Waals surface area contributed by atoms with Crippen LogP contribution in [-0.4, -0.2) is 36.5 Å². The summed E-state index contributed by atoms with van der Waals surface area (Å²) in [6.45, 7) is 2.86. The molecule has 0 bridgehead atoms. The van der Waals surface area contributed by atoms with E-state index < -0.39 is 0 Å². The number of esters is 1. The SMILES string of the molecule is CCOC(=O)CCN(CCc1ccc(F)cc1)C(=O)Cc1ccccc1. The van der Waals surface area contributed by atoms with Crippen molar-refractivity contribution in [3.8, 4) is 0 Å². The third-order valence-electron chi connectivity index (χ3n) is 4.03. The average molecular weight is 357 g/mol. The molecule has 26 heavy (non-hydrogen) atoms. The third kappa shape index (κ3) is 6.67. The number of rotatable bonds is 9. The topological polar surface area (TPSA) is 46.6 Å². The second-order valence-electron chi connectivity index (χ2n) is 5.97. The quantitative estimate of drug-likeness (QED) is 0.646. The van der Waals surface area contributed by atoms with Gasteiger partial charge in [-0.15, -0.1) is 0 Å². The molecule has 0 aromatic heterocycles. The molecule has 2 aromatic carbocycles. The number of carbonyl (C=O) groups is 2. The molecule has 0 aliphatic carbocycles. The maximum Gasteiger partial charge on any atom is 0.307 e. The first-order valence-electron chi connectivity index (χ1n) is 8.80. The lowest BCUT2D eigenvalue weighted by atomic mass is 10.1. The predicted octanol–water partition coefficient (Wildman–Crippen LogP) is 3.39. The zero-order valence-electron chi connectivity index (χ0n) is 15.0. The van der Waals surface area contributed by atoms with Crippen molar-refractivity contribution in [3.05, 3.63) is 71.5 Å². The molecule has 138 valence electrons. The van der Waals surface area contributed by atoms with Crippen LogP contribution >= 0.6 is 0 Å². The first-order valence-corrected chi connectivity index (χ1v) is 8.80. The van der Waals surface area contributed by atoms with E-state index in [1.807, 2.05) is 30.3 Å². The fraction of sp³-hybridized carbons (Fsp3) is 0.333. The highest BCUT2D eigenvalue weighted by Gasteiger charge is 2.16. The van der Waals surface area contributed by atoms with E-state index in [4.69, 9.17) is 4.74 Å². The van der Waals surface area contributed by atoms with Gasteiger partial charge in [0.05, 0.1) is 19.4 Å². The summed E-state index contributed by atoms with van der Waals surface area (Å²) in [5.74, 6) is -0.637. The van der Waals surface area contributed by atoms with Crippen molar-refractivity contribution in [2.75, 3.05) is 19.7 Å². The summed E-state index contributed by atoms with van der Waals surface area (Å²) in [7, 11) is 0. The lowest BCUT2D eigenvalue weighted by Gasteiger charge is -2.22. The first-order chi connectivity index (χ1) is 12.6. The molecule has 0 aliphatic heterocycles. The van der Waals surface area contributed by atoms with Crippen molar-refractivity contribution in [2.45, 2.75) is 26.2 Å². The molecule has 0 saturated carbocycles. The van der Waals surface area contributed by atoms with Crippen LogP contribution in [0, 0.1) is 5.82 Å². The van der Waals surface area contributed by atoms with E-state index in [0.29, 0.717) is 26.1 Å². The summed E-state index contributed by atoms with van der Waals surface area (Å²) >= 11 is 0. The maximum atomic E-state index is 13.0. The van der Waals surface area contributed by atoms with Crippen LogP contribution in [0.5, 0.6) is 0 Å². The number of hydrogen-bond acceptors (Lipinski definition) is 3. The molecule has 0 heterocycles. The molecule has 5 heteroatoms. The maximum absolute atomic E-state index is 13.0. The number of carbonyl (C=O) groups excluding carboxylic acids is 2. The summed E-state index contributed by atoms with van der Waals surface area (Å²) in [5.41, 5.74) is 1.88. The smallest absolute Gasteiger partial charge is 0.307 e. The van der Waals surface area contributed by atoms with Crippen molar-refractivity contribution in [1.82, 2.24) is 4.90 Å². The normalized spacial score (nSPS) is 10.4. The fourth-order valence-corrected chi connectivity index (χ4v) is 2.62. The van der Waals surface area contributed by atoms with E-state index in [2.05, 4.69) is 0 Å². The van der Waals surface area contributed by atoms with Gasteiger partial charge in [0.25, 0.3) is 0 Å². The van der Waals surface area contributed by atoms with Crippen LogP contribution in [-0.2, 0) is 27.2 Å². The van der Waals surface area contributed by atoms with Crippen LogP contribution in [0.25, 0.3) is 0 Å². The Morgan fingerprint density at radius 2 is 1.65 bits per heavy atom. The van der Waals surface area contributed by atoms with Gasteiger partial charge in [-0.2, -0.15) is 0 Å². The van der Waals surface area contributed by atoms with Gasteiger partial charge in [-0.25, -0.2) is 4.39 Å². The van der Waals surface area contributed by atoms with Gasteiger partial charge in [-0.3, -0.25) is 9.59 Å². The summed E-state index contributed by atoms with van der Waals surface area (Å²) in [5, 5.41) is 0. The zero-order chi connectivity index (χ0) is 18.8. The number of amides is 1. The van der Waals surface area contributed by atoms with Crippen LogP contribution in [0.2, 0.25) is 0 Å². The van der Waals surface area contributed by atoms with E-state index >= 15 is 0 Å². The average Bonchev–Trinajstić information content (AvgIpc) is 2.64. The molecule has 4 nitrogen and oxygen atoms in total. The van der Waals surface area contributed by atoms with E-state index in [9.17, 15) is 14.0 Å². The van der Waals surface area contributed by atoms with Crippen LogP contribution in [0.15, 0.2) is 54.6 Å². The van der Waals surface area contributed by atoms with Gasteiger partial charge in [0, 0.05) is 13.1 Å². The Hall–Kier alpha value is -2.69. The molecule has 0 aliphatic rings. The molecule has 0 unspecified atom stereocenters. The molecule has 2 aromatic rings. The Bertz CT molecular complexity index is 701. The zero-order valence-corrected chi connectivity index (χ0v) is 15.0. The molecular weight excluding hydrogens is 333 g/mol. The Morgan fingerprint density at radius 1 is 0.962 bits per heavy atom. The minimum Gasteiger partial charge on any atom is -0.466 e. The lowest BCUT2D eigenvalue weighted by Crippen LogP contribution is -2.36. The molecule has 0 spiro atoms. The van der Waals surface area contributed by atoms with E-state index in [0.717, 1.165) is 11.1 Å². The lowest BCUT2D eigenvalue weighted by molar-refractivity contribution is -0.144. The number of halogens is 1. The number of nitrogens with zero attached hydrogens (tertiary/aromatic N) is 1. The van der Waals surface area contributed by atoms with Crippen LogP contribution < -0.4 is 0 Å². The summed E-state index contributed by atoms with van der Waals surface area (Å²) in [6, 6.07) is 15.7. The second-order valence-corrected chi connectivity index (χ2v) is 5.97. The Kier molecular flexibility index (Phi) is 7.80. The summed E-state index contributed by atoms with van der Waals surface area (Å²) in [4.78, 5) is 26.0. The van der Waals surface area contributed by atoms with Crippen LogP contribution in [0.1, 0.15) is 24.5 Å². The third-order valence-corrected chi connectivity index (χ3v) is 4.03. The van der Waals surface area contributed by atoms with Gasteiger partial charge >= 0.3 is 5.97 Å². The van der Waals surface area contributed by atoms with E-state index in [1.54, 1.807) is 24.0 Å². The highest BCUT2D eigenvalue weighted by molar-refractivity contribution is 5.79. The fourth-order valence-electron chi connectivity index (χ4n) is 2.62. The van der Waals surface area contributed by atoms with Gasteiger partial charge in [0.1, 0.15) is 5.82 Å². The monoisotopic (exact) mass is 357 g/mol. The van der Waals surface area contributed by atoms with Crippen molar-refractivity contribution < 1.29 is 18.7 Å².